The van der Waals surface area contributed by atoms with E-state index in [4.69, 9.17) is 5.73 Å². The molecule has 2 heteroatoms. The second kappa shape index (κ2) is 6.69. The fraction of sp³-hybridized carbons (Fsp3) is 1.00. The molecule has 0 aliphatic heterocycles. The maximum atomic E-state index is 5.60. The van der Waals surface area contributed by atoms with Gasteiger partial charge in [-0.2, -0.15) is 0 Å². The number of rotatable bonds is 7. The van der Waals surface area contributed by atoms with Crippen LogP contribution in [0.5, 0.6) is 0 Å². The molecule has 2 N–H and O–H groups in total. The first kappa shape index (κ1) is 15.2. The van der Waals surface area contributed by atoms with Gasteiger partial charge >= 0.3 is 0 Å². The molecule has 1 nitrogen and oxygen atoms in total. The predicted octanol–water partition coefficient (Wildman–Crippen LogP) is 4.40. The number of nitrogens with two attached hydrogens (primary N) is 1. The molecule has 0 unspecified atom stereocenters. The van der Waals surface area contributed by atoms with Gasteiger partial charge in [0.05, 0.1) is 8.07 Å². The van der Waals surface area contributed by atoms with Crippen molar-refractivity contribution in [3.05, 3.63) is 0 Å². The minimum atomic E-state index is -1.12. The highest BCUT2D eigenvalue weighted by molar-refractivity contribution is 6.83. The summed E-state index contributed by atoms with van der Waals surface area (Å²) in [5, 5.41) is 0. The molecule has 0 aliphatic rings. The third kappa shape index (κ3) is 3.60. The standard InChI is InChI=1S/C13H31NSi/c1-11(2)15(12(3)4,13(5)6)10-8-7-9-14/h11-13H,7-10,14H2,1-6H3. The van der Waals surface area contributed by atoms with E-state index in [1.807, 2.05) is 0 Å². The molecule has 0 aliphatic carbocycles. The quantitative estimate of drug-likeness (QED) is 0.508. The zero-order valence-corrected chi connectivity index (χ0v) is 12.6. The van der Waals surface area contributed by atoms with E-state index in [1.165, 1.54) is 18.9 Å². The van der Waals surface area contributed by atoms with Crippen LogP contribution in [-0.4, -0.2) is 14.6 Å². The van der Waals surface area contributed by atoms with Crippen LogP contribution in [-0.2, 0) is 0 Å². The Morgan fingerprint density at radius 3 is 1.47 bits per heavy atom. The summed E-state index contributed by atoms with van der Waals surface area (Å²) in [4.78, 5) is 0. The van der Waals surface area contributed by atoms with Crippen LogP contribution in [0.2, 0.25) is 22.7 Å². The molecule has 0 heterocycles. The SMILES string of the molecule is CC(C)[Si](CCCCN)(C(C)C)C(C)C. The molecule has 0 atom stereocenters. The monoisotopic (exact) mass is 229 g/mol. The average molecular weight is 229 g/mol. The third-order valence-electron chi connectivity index (χ3n) is 4.29. The van der Waals surface area contributed by atoms with E-state index < -0.39 is 8.07 Å². The zero-order chi connectivity index (χ0) is 12.1. The Labute approximate surface area is 97.8 Å². The van der Waals surface area contributed by atoms with Gasteiger partial charge in [0.1, 0.15) is 0 Å². The first-order valence-corrected chi connectivity index (χ1v) is 9.03. The molecule has 0 saturated heterocycles. The molecule has 0 spiro atoms. The van der Waals surface area contributed by atoms with Crippen molar-refractivity contribution in [2.24, 2.45) is 5.73 Å². The smallest absolute Gasteiger partial charge is 0.0612 e. The Morgan fingerprint density at radius 2 is 1.20 bits per heavy atom. The molecule has 0 fully saturated rings. The lowest BCUT2D eigenvalue weighted by Crippen LogP contribution is -2.44. The molecule has 0 bridgehead atoms. The Morgan fingerprint density at radius 1 is 0.800 bits per heavy atom. The molecule has 15 heavy (non-hydrogen) atoms. The maximum absolute atomic E-state index is 5.60. The fourth-order valence-electron chi connectivity index (χ4n) is 3.44. The van der Waals surface area contributed by atoms with E-state index >= 15 is 0 Å². The fourth-order valence-corrected chi connectivity index (χ4v) is 10.0. The van der Waals surface area contributed by atoms with Gasteiger partial charge in [-0.25, -0.2) is 0 Å². The topological polar surface area (TPSA) is 26.0 Å². The number of unbranched alkanes of at least 4 members (excludes halogenated alkanes) is 1. The first-order chi connectivity index (χ1) is 6.89. The van der Waals surface area contributed by atoms with Crippen LogP contribution < -0.4 is 5.73 Å². The van der Waals surface area contributed by atoms with E-state index in [-0.39, 0.29) is 0 Å². The molecule has 0 saturated carbocycles. The molecule has 0 radical (unpaired) electrons. The van der Waals surface area contributed by atoms with Gasteiger partial charge in [0, 0.05) is 0 Å². The van der Waals surface area contributed by atoms with Crippen molar-refractivity contribution < 1.29 is 0 Å². The Kier molecular flexibility index (Phi) is 6.77. The van der Waals surface area contributed by atoms with Crippen molar-refractivity contribution in [3.8, 4) is 0 Å². The second-order valence-corrected chi connectivity index (χ2v) is 12.0. The summed E-state index contributed by atoms with van der Waals surface area (Å²) < 4.78 is 0. The zero-order valence-electron chi connectivity index (χ0n) is 11.6. The van der Waals surface area contributed by atoms with Crippen molar-refractivity contribution in [2.75, 3.05) is 6.54 Å². The van der Waals surface area contributed by atoms with Crippen LogP contribution in [0.3, 0.4) is 0 Å². The van der Waals surface area contributed by atoms with Crippen LogP contribution in [0.15, 0.2) is 0 Å². The largest absolute Gasteiger partial charge is 0.330 e. The van der Waals surface area contributed by atoms with Gasteiger partial charge in [0.25, 0.3) is 0 Å². The highest BCUT2D eigenvalue weighted by Crippen LogP contribution is 2.45. The number of hydrogen-bond acceptors (Lipinski definition) is 1. The maximum Gasteiger partial charge on any atom is 0.0612 e. The van der Waals surface area contributed by atoms with E-state index in [9.17, 15) is 0 Å². The third-order valence-corrected chi connectivity index (χ3v) is 12.0. The molecular weight excluding hydrogens is 198 g/mol. The van der Waals surface area contributed by atoms with Crippen molar-refractivity contribution >= 4 is 8.07 Å². The molecular formula is C13H31NSi. The van der Waals surface area contributed by atoms with Crippen LogP contribution in [0.1, 0.15) is 54.4 Å². The van der Waals surface area contributed by atoms with Gasteiger partial charge in [0.2, 0.25) is 0 Å². The van der Waals surface area contributed by atoms with Gasteiger partial charge in [-0.1, -0.05) is 70.6 Å². The van der Waals surface area contributed by atoms with E-state index in [2.05, 4.69) is 41.5 Å². The summed E-state index contributed by atoms with van der Waals surface area (Å²) in [6.45, 7) is 15.5. The van der Waals surface area contributed by atoms with Crippen LogP contribution in [0.25, 0.3) is 0 Å². The molecule has 0 rings (SSSR count). The van der Waals surface area contributed by atoms with Crippen molar-refractivity contribution in [2.45, 2.75) is 77.1 Å². The lowest BCUT2D eigenvalue weighted by molar-refractivity contribution is 0.735. The lowest BCUT2D eigenvalue weighted by atomic mass is 10.3. The Hall–Kier alpha value is 0.177. The summed E-state index contributed by atoms with van der Waals surface area (Å²) in [6.07, 6.45) is 2.55. The van der Waals surface area contributed by atoms with Gasteiger partial charge in [-0.05, 0) is 13.0 Å². The Balaban J connectivity index is 4.65. The van der Waals surface area contributed by atoms with Crippen LogP contribution in [0, 0.1) is 0 Å². The molecule has 0 aromatic carbocycles. The van der Waals surface area contributed by atoms with Crippen molar-refractivity contribution in [1.29, 1.82) is 0 Å². The van der Waals surface area contributed by atoms with E-state index in [0.717, 1.165) is 23.2 Å². The normalized spacial score (nSPS) is 13.2. The van der Waals surface area contributed by atoms with E-state index in [0.29, 0.717) is 0 Å². The average Bonchev–Trinajstić information content (AvgIpc) is 2.10. The lowest BCUT2D eigenvalue weighted by Gasteiger charge is -2.43. The van der Waals surface area contributed by atoms with Gasteiger partial charge in [-0.15, -0.1) is 0 Å². The molecule has 0 aromatic heterocycles. The number of hydrogen-bond donors (Lipinski definition) is 1. The summed E-state index contributed by atoms with van der Waals surface area (Å²) in [5.41, 5.74) is 8.30. The highest BCUT2D eigenvalue weighted by atomic mass is 28.3. The minimum absolute atomic E-state index is 0.860. The van der Waals surface area contributed by atoms with E-state index in [1.54, 1.807) is 0 Å². The predicted molar refractivity (Wildman–Crippen MR) is 74.1 cm³/mol. The molecule has 92 valence electrons. The van der Waals surface area contributed by atoms with Gasteiger partial charge in [-0.3, -0.25) is 0 Å². The van der Waals surface area contributed by atoms with Crippen LogP contribution >= 0.6 is 0 Å². The molecule has 0 amide bonds. The summed E-state index contributed by atoms with van der Waals surface area (Å²) in [5.74, 6) is 0. The first-order valence-electron chi connectivity index (χ1n) is 6.59. The van der Waals surface area contributed by atoms with Gasteiger partial charge in [0.15, 0.2) is 0 Å². The summed E-state index contributed by atoms with van der Waals surface area (Å²) in [7, 11) is -1.12. The summed E-state index contributed by atoms with van der Waals surface area (Å²) >= 11 is 0. The minimum Gasteiger partial charge on any atom is -0.330 e. The summed E-state index contributed by atoms with van der Waals surface area (Å²) in [6, 6.07) is 1.47. The Bertz CT molecular complexity index is 142. The molecule has 0 aromatic rings. The highest BCUT2D eigenvalue weighted by Gasteiger charge is 2.41. The second-order valence-electron chi connectivity index (χ2n) is 5.82. The van der Waals surface area contributed by atoms with Crippen LogP contribution in [0.4, 0.5) is 0 Å². The van der Waals surface area contributed by atoms with Crippen molar-refractivity contribution in [1.82, 2.24) is 0 Å². The van der Waals surface area contributed by atoms with Gasteiger partial charge < -0.3 is 5.73 Å². The van der Waals surface area contributed by atoms with Crippen molar-refractivity contribution in [3.63, 3.8) is 0 Å².